The highest BCUT2D eigenvalue weighted by molar-refractivity contribution is 7.22. The van der Waals surface area contributed by atoms with Crippen molar-refractivity contribution in [3.8, 4) is 0 Å². The maximum Gasteiger partial charge on any atom is 0.332 e. The van der Waals surface area contributed by atoms with Gasteiger partial charge >= 0.3 is 6.03 Å². The van der Waals surface area contributed by atoms with Gasteiger partial charge in [-0.3, -0.25) is 14.6 Å². The third kappa shape index (κ3) is 5.85. The second-order valence-electron chi connectivity index (χ2n) is 10.8. The van der Waals surface area contributed by atoms with Gasteiger partial charge < -0.3 is 26.6 Å². The van der Waals surface area contributed by atoms with Crippen LogP contribution in [-0.2, 0) is 29.1 Å². The molecule has 2 aliphatic rings. The average Bonchev–Trinajstić information content (AvgIpc) is 3.55. The Morgan fingerprint density at radius 3 is 2.57 bits per heavy atom. The van der Waals surface area contributed by atoms with Crippen molar-refractivity contribution in [3.05, 3.63) is 87.4 Å². The van der Waals surface area contributed by atoms with Gasteiger partial charge in [-0.05, 0) is 47.0 Å². The number of nitrogens with one attached hydrogen (secondary N) is 1. The third-order valence-electron chi connectivity index (χ3n) is 7.96. The number of para-hydroxylation sites is 1. The first-order valence-corrected chi connectivity index (χ1v) is 15.5. The Hall–Kier alpha value is -4.10. The highest BCUT2D eigenvalue weighted by atomic mass is 35.5. The van der Waals surface area contributed by atoms with Crippen LogP contribution in [0, 0.1) is 0 Å². The molecular weight excluding hydrogens is 623 g/mol. The van der Waals surface area contributed by atoms with Gasteiger partial charge in [-0.1, -0.05) is 64.9 Å². The average molecular weight is 654 g/mol. The van der Waals surface area contributed by atoms with Crippen LogP contribution in [0.2, 0.25) is 10.0 Å². The van der Waals surface area contributed by atoms with E-state index in [2.05, 4.69) is 10.3 Å². The minimum Gasteiger partial charge on any atom is -0.399 e. The number of anilines is 2. The van der Waals surface area contributed by atoms with Crippen LogP contribution in [0.15, 0.2) is 60.7 Å². The fraction of sp³-hybridized carbons (Fsp3) is 0.267. The first kappa shape index (κ1) is 29.9. The largest absolute Gasteiger partial charge is 0.399 e. The van der Waals surface area contributed by atoms with E-state index in [0.717, 1.165) is 26.9 Å². The highest BCUT2D eigenvalue weighted by Gasteiger charge is 2.51. The van der Waals surface area contributed by atoms with Crippen LogP contribution in [-0.4, -0.2) is 75.0 Å². The lowest BCUT2D eigenvalue weighted by molar-refractivity contribution is -0.157. The number of piperazine rings is 1. The summed E-state index contributed by atoms with van der Waals surface area (Å²) in [6, 6.07) is 17.0. The van der Waals surface area contributed by atoms with Crippen LogP contribution in [0.4, 0.5) is 15.6 Å². The number of benzene rings is 3. The van der Waals surface area contributed by atoms with Crippen molar-refractivity contribution in [1.29, 1.82) is 0 Å². The molecule has 2 fully saturated rings. The number of thiazole rings is 1. The zero-order valence-electron chi connectivity index (χ0n) is 23.7. The monoisotopic (exact) mass is 652 g/mol. The lowest BCUT2D eigenvalue weighted by Gasteiger charge is -2.45. The molecule has 0 radical (unpaired) electrons. The number of nitrogens with two attached hydrogens (primary N) is 2. The van der Waals surface area contributed by atoms with Crippen molar-refractivity contribution >= 4 is 73.4 Å². The number of aromatic nitrogens is 1. The van der Waals surface area contributed by atoms with E-state index in [0.29, 0.717) is 27.3 Å². The zero-order chi connectivity index (χ0) is 31.1. The summed E-state index contributed by atoms with van der Waals surface area (Å²) in [5, 5.41) is 7.24. The Kier molecular flexibility index (Phi) is 8.25. The molecule has 44 heavy (non-hydrogen) atoms. The Morgan fingerprint density at radius 2 is 1.82 bits per heavy atom. The smallest absolute Gasteiger partial charge is 0.332 e. The number of hydrogen-bond acceptors (Lipinski definition) is 8. The molecule has 14 heteroatoms. The number of halogens is 2. The number of rotatable bonds is 7. The molecule has 3 heterocycles. The number of carbonyl (C=O) groups is 3. The Balaban J connectivity index is 1.27. The van der Waals surface area contributed by atoms with E-state index in [-0.39, 0.29) is 38.0 Å². The number of amides is 4. The molecule has 4 amide bonds. The second kappa shape index (κ2) is 12.1. The standard InChI is InChI=1S/C30H30Cl2N8O3S/c1-37(30(43)35-13-18-7-10-21(31)22(32)11-18)39-16-26(41)40-23(12-17-5-8-20(33)9-6-17)28(42)38(15-25(39)40)14-19-3-2-4-24-27(19)36-29(34)44-24/h2-11,23,25H,12-16,33H2,1H3,(H2,34,36)(H,35,43)/t23-,25+/m0/s1. The Labute approximate surface area is 267 Å². The summed E-state index contributed by atoms with van der Waals surface area (Å²) in [4.78, 5) is 48.7. The topological polar surface area (TPSA) is 141 Å². The van der Waals surface area contributed by atoms with Crippen LogP contribution in [0.25, 0.3) is 10.2 Å². The van der Waals surface area contributed by atoms with Crippen LogP contribution in [0.5, 0.6) is 0 Å². The van der Waals surface area contributed by atoms with Crippen molar-refractivity contribution in [2.24, 2.45) is 0 Å². The molecule has 1 aromatic heterocycles. The lowest BCUT2D eigenvalue weighted by Crippen LogP contribution is -2.65. The van der Waals surface area contributed by atoms with E-state index in [1.54, 1.807) is 52.2 Å². The second-order valence-corrected chi connectivity index (χ2v) is 12.7. The van der Waals surface area contributed by atoms with Crippen molar-refractivity contribution in [2.75, 3.05) is 31.6 Å². The summed E-state index contributed by atoms with van der Waals surface area (Å²) in [6.45, 7) is 0.626. The Bertz CT molecular complexity index is 1750. The molecule has 0 unspecified atom stereocenters. The van der Waals surface area contributed by atoms with E-state index in [9.17, 15) is 14.4 Å². The zero-order valence-corrected chi connectivity index (χ0v) is 26.1. The molecule has 2 aliphatic heterocycles. The molecule has 2 saturated heterocycles. The fourth-order valence-electron chi connectivity index (χ4n) is 5.74. The summed E-state index contributed by atoms with van der Waals surface area (Å²) in [5.74, 6) is -0.415. The lowest BCUT2D eigenvalue weighted by atomic mass is 9.99. The molecule has 6 rings (SSSR count). The van der Waals surface area contributed by atoms with Gasteiger partial charge in [0.05, 0.1) is 33.4 Å². The van der Waals surface area contributed by atoms with Gasteiger partial charge in [0.2, 0.25) is 11.8 Å². The minimum atomic E-state index is -0.776. The maximum atomic E-state index is 14.1. The van der Waals surface area contributed by atoms with Crippen molar-refractivity contribution in [3.63, 3.8) is 0 Å². The number of urea groups is 1. The molecule has 5 N–H and O–H groups in total. The van der Waals surface area contributed by atoms with Crippen molar-refractivity contribution < 1.29 is 14.4 Å². The van der Waals surface area contributed by atoms with Crippen LogP contribution < -0.4 is 16.8 Å². The third-order valence-corrected chi connectivity index (χ3v) is 9.55. The minimum absolute atomic E-state index is 0.0566. The van der Waals surface area contributed by atoms with Gasteiger partial charge in [-0.25, -0.2) is 9.78 Å². The van der Waals surface area contributed by atoms with Crippen molar-refractivity contribution in [2.45, 2.75) is 31.7 Å². The number of nitrogen functional groups attached to an aromatic ring is 2. The number of carbonyl (C=O) groups excluding carboxylic acids is 3. The van der Waals surface area contributed by atoms with E-state index in [1.165, 1.54) is 16.3 Å². The molecular formula is C30H30Cl2N8O3S. The first-order chi connectivity index (χ1) is 21.1. The summed E-state index contributed by atoms with van der Waals surface area (Å²) in [7, 11) is 1.61. The molecule has 2 atom stereocenters. The molecule has 3 aromatic carbocycles. The molecule has 4 aromatic rings. The predicted octanol–water partition coefficient (Wildman–Crippen LogP) is 3.95. The van der Waals surface area contributed by atoms with Gasteiger partial charge in [0.25, 0.3) is 0 Å². The molecule has 228 valence electrons. The number of fused-ring (bicyclic) bond motifs is 2. The van der Waals surface area contributed by atoms with Crippen molar-refractivity contribution in [1.82, 2.24) is 30.1 Å². The SMILES string of the molecule is CN(C(=O)NCc1ccc(Cl)c(Cl)c1)N1CC(=O)N2[C@@H](Cc3ccc(N)cc3)C(=O)N(Cc3cccc4sc(N)nc34)C[C@@H]21. The fourth-order valence-corrected chi connectivity index (χ4v) is 6.84. The van der Waals surface area contributed by atoms with Gasteiger partial charge in [0.1, 0.15) is 12.2 Å². The van der Waals surface area contributed by atoms with Crippen LogP contribution in [0.1, 0.15) is 16.7 Å². The predicted molar refractivity (Wildman–Crippen MR) is 172 cm³/mol. The van der Waals surface area contributed by atoms with Gasteiger partial charge in [0.15, 0.2) is 5.13 Å². The van der Waals surface area contributed by atoms with Gasteiger partial charge in [-0.15, -0.1) is 0 Å². The molecule has 0 aliphatic carbocycles. The maximum absolute atomic E-state index is 14.1. The van der Waals surface area contributed by atoms with Gasteiger partial charge in [-0.2, -0.15) is 5.01 Å². The quantitative estimate of drug-likeness (QED) is 0.257. The normalized spacial score (nSPS) is 18.6. The Morgan fingerprint density at radius 1 is 1.07 bits per heavy atom. The molecule has 0 spiro atoms. The molecule has 0 saturated carbocycles. The molecule has 0 bridgehead atoms. The highest BCUT2D eigenvalue weighted by Crippen LogP contribution is 2.32. The number of hydrogen-bond donors (Lipinski definition) is 3. The number of hydrazine groups is 1. The van der Waals surface area contributed by atoms with Crippen LogP contribution in [0.3, 0.4) is 0 Å². The van der Waals surface area contributed by atoms with E-state index < -0.39 is 18.2 Å². The van der Waals surface area contributed by atoms with E-state index in [4.69, 9.17) is 34.7 Å². The summed E-state index contributed by atoms with van der Waals surface area (Å²) in [5.41, 5.74) is 15.7. The van der Waals surface area contributed by atoms with Gasteiger partial charge in [0, 0.05) is 32.2 Å². The molecule has 11 nitrogen and oxygen atoms in total. The van der Waals surface area contributed by atoms with E-state index in [1.807, 2.05) is 30.3 Å². The summed E-state index contributed by atoms with van der Waals surface area (Å²) < 4.78 is 0.931. The summed E-state index contributed by atoms with van der Waals surface area (Å²) in [6.07, 6.45) is -0.272. The van der Waals surface area contributed by atoms with Crippen LogP contribution >= 0.6 is 34.5 Å². The first-order valence-electron chi connectivity index (χ1n) is 13.9. The summed E-state index contributed by atoms with van der Waals surface area (Å²) >= 11 is 13.5. The van der Waals surface area contributed by atoms with E-state index >= 15 is 0 Å². The number of nitrogens with zero attached hydrogens (tertiary/aromatic N) is 5.